The highest BCUT2D eigenvalue weighted by molar-refractivity contribution is 7.92. The highest BCUT2D eigenvalue weighted by Crippen LogP contribution is 2.25. The molecule has 1 heterocycles. The van der Waals surface area contributed by atoms with Crippen molar-refractivity contribution in [2.45, 2.75) is 20.8 Å². The minimum absolute atomic E-state index is 0.303. The number of nitrogens with one attached hydrogen (secondary N) is 1. The van der Waals surface area contributed by atoms with E-state index in [9.17, 15) is 13.2 Å². The first-order valence-electron chi connectivity index (χ1n) is 9.98. The summed E-state index contributed by atoms with van der Waals surface area (Å²) in [6, 6.07) is 14.2. The normalized spacial score (nSPS) is 11.7. The quantitative estimate of drug-likeness (QED) is 0.374. The minimum atomic E-state index is -3.72. The molecule has 3 rings (SSSR count). The third-order valence-electron chi connectivity index (χ3n) is 5.06. The van der Waals surface area contributed by atoms with Crippen molar-refractivity contribution in [3.63, 3.8) is 0 Å². The standard InChI is InChI=1S/C23H24Cl2N4O3S/c1-15-8-9-20(12-22(15)25)28(33(4,31)32)14-23(30)27-26-13-18-10-16(2)29(17(18)3)21-7-5-6-19(24)11-21/h5-13H,14H2,1-4H3,(H,27,30)/b26-13-. The maximum absolute atomic E-state index is 12.4. The van der Waals surface area contributed by atoms with Gasteiger partial charge in [0.2, 0.25) is 10.0 Å². The number of hydrazone groups is 1. The molecule has 0 aliphatic carbocycles. The van der Waals surface area contributed by atoms with E-state index in [-0.39, 0.29) is 0 Å². The molecule has 0 saturated carbocycles. The number of carbonyl (C=O) groups excluding carboxylic acids is 1. The molecule has 0 unspecified atom stereocenters. The molecule has 174 valence electrons. The Kier molecular flexibility index (Phi) is 7.51. The van der Waals surface area contributed by atoms with Crippen LogP contribution in [0.3, 0.4) is 0 Å². The first-order valence-corrected chi connectivity index (χ1v) is 12.6. The number of hydrogen-bond donors (Lipinski definition) is 1. The van der Waals surface area contributed by atoms with Gasteiger partial charge in [-0.3, -0.25) is 9.10 Å². The molecular weight excluding hydrogens is 483 g/mol. The first-order chi connectivity index (χ1) is 15.5. The van der Waals surface area contributed by atoms with Gasteiger partial charge in [-0.2, -0.15) is 5.10 Å². The van der Waals surface area contributed by atoms with Crippen molar-refractivity contribution in [3.8, 4) is 5.69 Å². The van der Waals surface area contributed by atoms with E-state index in [0.29, 0.717) is 15.7 Å². The molecule has 0 bridgehead atoms. The molecule has 0 spiro atoms. The van der Waals surface area contributed by atoms with E-state index >= 15 is 0 Å². The van der Waals surface area contributed by atoms with Crippen molar-refractivity contribution in [3.05, 3.63) is 81.1 Å². The summed E-state index contributed by atoms with van der Waals surface area (Å²) in [7, 11) is -3.72. The van der Waals surface area contributed by atoms with Gasteiger partial charge in [-0.25, -0.2) is 13.8 Å². The van der Waals surface area contributed by atoms with Crippen LogP contribution >= 0.6 is 23.2 Å². The molecule has 0 saturated heterocycles. The van der Waals surface area contributed by atoms with E-state index in [1.54, 1.807) is 12.1 Å². The van der Waals surface area contributed by atoms with Crippen molar-refractivity contribution in [2.24, 2.45) is 5.10 Å². The van der Waals surface area contributed by atoms with Gasteiger partial charge in [0.25, 0.3) is 5.91 Å². The van der Waals surface area contributed by atoms with E-state index in [1.807, 2.05) is 55.7 Å². The van der Waals surface area contributed by atoms with Crippen molar-refractivity contribution in [1.82, 2.24) is 9.99 Å². The van der Waals surface area contributed by atoms with Crippen molar-refractivity contribution in [1.29, 1.82) is 0 Å². The Labute approximate surface area is 203 Å². The maximum Gasteiger partial charge on any atom is 0.260 e. The smallest absolute Gasteiger partial charge is 0.260 e. The Hall–Kier alpha value is -2.81. The summed E-state index contributed by atoms with van der Waals surface area (Å²) >= 11 is 12.2. The van der Waals surface area contributed by atoms with Crippen molar-refractivity contribution in [2.75, 3.05) is 17.1 Å². The van der Waals surface area contributed by atoms with E-state index in [1.165, 1.54) is 12.3 Å². The summed E-state index contributed by atoms with van der Waals surface area (Å²) in [6.45, 7) is 5.27. The summed E-state index contributed by atoms with van der Waals surface area (Å²) < 4.78 is 27.5. The Morgan fingerprint density at radius 2 is 1.85 bits per heavy atom. The van der Waals surface area contributed by atoms with Gasteiger partial charge in [-0.15, -0.1) is 0 Å². The number of aromatic nitrogens is 1. The van der Waals surface area contributed by atoms with E-state index in [0.717, 1.165) is 38.8 Å². The molecule has 1 aromatic heterocycles. The number of nitrogens with zero attached hydrogens (tertiary/aromatic N) is 3. The lowest BCUT2D eigenvalue weighted by molar-refractivity contribution is -0.119. The highest BCUT2D eigenvalue weighted by Gasteiger charge is 2.21. The molecule has 0 radical (unpaired) electrons. The summed E-state index contributed by atoms with van der Waals surface area (Å²) in [6.07, 6.45) is 2.55. The average molecular weight is 507 g/mol. The van der Waals surface area contributed by atoms with E-state index in [4.69, 9.17) is 23.2 Å². The number of anilines is 1. The summed E-state index contributed by atoms with van der Waals surface area (Å²) in [5.74, 6) is -0.586. The van der Waals surface area contributed by atoms with Gasteiger partial charge in [0.15, 0.2) is 0 Å². The van der Waals surface area contributed by atoms with Crippen LogP contribution in [-0.4, -0.2) is 37.9 Å². The lowest BCUT2D eigenvalue weighted by Gasteiger charge is -2.21. The lowest BCUT2D eigenvalue weighted by Crippen LogP contribution is -2.39. The SMILES string of the molecule is Cc1ccc(N(CC(=O)N/N=C\c2cc(C)n(-c3cccc(Cl)c3)c2C)S(C)(=O)=O)cc1Cl. The Bertz CT molecular complexity index is 1330. The molecule has 10 heteroatoms. The van der Waals surface area contributed by atoms with E-state index in [2.05, 4.69) is 10.5 Å². The number of rotatable bonds is 7. The Balaban J connectivity index is 1.75. The molecule has 0 aliphatic heterocycles. The maximum atomic E-state index is 12.4. The number of amides is 1. The Morgan fingerprint density at radius 1 is 1.12 bits per heavy atom. The second-order valence-corrected chi connectivity index (χ2v) is 10.4. The van der Waals surface area contributed by atoms with Gasteiger partial charge in [0.1, 0.15) is 6.54 Å². The van der Waals surface area contributed by atoms with Crippen LogP contribution in [0.25, 0.3) is 5.69 Å². The predicted octanol–water partition coefficient (Wildman–Crippen LogP) is 4.63. The molecular formula is C23H24Cl2N4O3S. The molecule has 0 aliphatic rings. The zero-order chi connectivity index (χ0) is 24.3. The number of sulfonamides is 1. The van der Waals surface area contributed by atoms with Crippen LogP contribution in [0.4, 0.5) is 5.69 Å². The Morgan fingerprint density at radius 3 is 2.48 bits per heavy atom. The van der Waals surface area contributed by atoms with Crippen molar-refractivity contribution < 1.29 is 13.2 Å². The fourth-order valence-electron chi connectivity index (χ4n) is 3.41. The molecule has 2 aromatic carbocycles. The minimum Gasteiger partial charge on any atom is -0.318 e. The van der Waals surface area contributed by atoms with Crippen LogP contribution in [0.15, 0.2) is 53.6 Å². The fraction of sp³-hybridized carbons (Fsp3) is 0.217. The van der Waals surface area contributed by atoms with Gasteiger partial charge >= 0.3 is 0 Å². The topological polar surface area (TPSA) is 83.8 Å². The average Bonchev–Trinajstić information content (AvgIpc) is 3.00. The molecule has 3 aromatic rings. The van der Waals surface area contributed by atoms with Crippen molar-refractivity contribution >= 4 is 51.0 Å². The lowest BCUT2D eigenvalue weighted by atomic mass is 10.2. The van der Waals surface area contributed by atoms with Crippen LogP contribution in [0.5, 0.6) is 0 Å². The molecule has 0 fully saturated rings. The third-order valence-corrected chi connectivity index (χ3v) is 6.84. The van der Waals surface area contributed by atoms with Gasteiger partial charge in [0, 0.05) is 32.7 Å². The molecule has 1 amide bonds. The van der Waals surface area contributed by atoms with Gasteiger partial charge in [-0.1, -0.05) is 35.3 Å². The van der Waals surface area contributed by atoms with Gasteiger partial charge in [0.05, 0.1) is 18.2 Å². The molecule has 7 nitrogen and oxygen atoms in total. The van der Waals surface area contributed by atoms with Crippen LogP contribution < -0.4 is 9.73 Å². The number of carbonyl (C=O) groups is 1. The molecule has 1 N–H and O–H groups in total. The van der Waals surface area contributed by atoms with Gasteiger partial charge in [-0.05, 0) is 62.7 Å². The largest absolute Gasteiger partial charge is 0.318 e. The molecule has 0 atom stereocenters. The molecule has 33 heavy (non-hydrogen) atoms. The van der Waals surface area contributed by atoms with Crippen LogP contribution in [-0.2, 0) is 14.8 Å². The number of benzene rings is 2. The second-order valence-electron chi connectivity index (χ2n) is 7.64. The van der Waals surface area contributed by atoms with Crippen LogP contribution in [0, 0.1) is 20.8 Å². The number of aryl methyl sites for hydroxylation is 2. The number of halogens is 2. The van der Waals surface area contributed by atoms with Crippen LogP contribution in [0.2, 0.25) is 10.0 Å². The third kappa shape index (κ3) is 5.96. The fourth-order valence-corrected chi connectivity index (χ4v) is 4.61. The van der Waals surface area contributed by atoms with E-state index < -0.39 is 22.5 Å². The highest BCUT2D eigenvalue weighted by atomic mass is 35.5. The zero-order valence-electron chi connectivity index (χ0n) is 18.6. The summed E-state index contributed by atoms with van der Waals surface area (Å²) in [5, 5.41) is 5.06. The summed E-state index contributed by atoms with van der Waals surface area (Å²) in [4.78, 5) is 12.4. The zero-order valence-corrected chi connectivity index (χ0v) is 21.0. The first kappa shape index (κ1) is 24.8. The predicted molar refractivity (Wildman–Crippen MR) is 134 cm³/mol. The monoisotopic (exact) mass is 506 g/mol. The second kappa shape index (κ2) is 9.99. The number of hydrogen-bond acceptors (Lipinski definition) is 4. The van der Waals surface area contributed by atoms with Gasteiger partial charge < -0.3 is 4.57 Å². The summed E-state index contributed by atoms with van der Waals surface area (Å²) in [5.41, 5.74) is 7.12. The van der Waals surface area contributed by atoms with Crippen LogP contribution in [0.1, 0.15) is 22.5 Å².